The Labute approximate surface area is 130 Å². The lowest BCUT2D eigenvalue weighted by Gasteiger charge is -2.19. The average molecular weight is 302 g/mol. The summed E-state index contributed by atoms with van der Waals surface area (Å²) >= 11 is 0. The molecule has 1 N–H and O–H groups in total. The van der Waals surface area contributed by atoms with Gasteiger partial charge in [-0.3, -0.25) is 0 Å². The average Bonchev–Trinajstić information content (AvgIpc) is 2.52. The number of allylic oxidation sites excluding steroid dienone is 1. The molecule has 4 nitrogen and oxygen atoms in total. The Balaban J connectivity index is 2.93. The van der Waals surface area contributed by atoms with Gasteiger partial charge < -0.3 is 19.3 Å². The minimum atomic E-state index is -0.0741. The number of hydrogen-bond donors (Lipinski definition) is 1. The summed E-state index contributed by atoms with van der Waals surface area (Å²) in [5.74, 6) is 2.12. The van der Waals surface area contributed by atoms with E-state index in [0.29, 0.717) is 23.7 Å². The number of methoxy groups -OCH3 is 3. The summed E-state index contributed by atoms with van der Waals surface area (Å²) in [4.78, 5) is 0. The van der Waals surface area contributed by atoms with E-state index in [1.54, 1.807) is 21.3 Å². The third kappa shape index (κ3) is 2.74. The summed E-state index contributed by atoms with van der Waals surface area (Å²) in [5, 5.41) is 11.4. The van der Waals surface area contributed by atoms with Crippen molar-refractivity contribution in [2.45, 2.75) is 20.0 Å². The number of benzene rings is 2. The lowest BCUT2D eigenvalue weighted by Crippen LogP contribution is -2.02. The van der Waals surface area contributed by atoms with Gasteiger partial charge in [-0.1, -0.05) is 12.2 Å². The van der Waals surface area contributed by atoms with E-state index in [-0.39, 0.29) is 6.61 Å². The van der Waals surface area contributed by atoms with Gasteiger partial charge in [0.05, 0.1) is 33.3 Å². The molecule has 0 bridgehead atoms. The molecule has 118 valence electrons. The molecule has 0 spiro atoms. The Hall–Kier alpha value is -2.20. The van der Waals surface area contributed by atoms with Crippen molar-refractivity contribution in [1.82, 2.24) is 0 Å². The highest BCUT2D eigenvalue weighted by atomic mass is 16.5. The zero-order chi connectivity index (χ0) is 16.3. The first-order chi connectivity index (χ1) is 10.6. The van der Waals surface area contributed by atoms with E-state index in [4.69, 9.17) is 14.2 Å². The molecule has 0 saturated carbocycles. The summed E-state index contributed by atoms with van der Waals surface area (Å²) in [7, 11) is 4.87. The molecule has 22 heavy (non-hydrogen) atoms. The highest BCUT2D eigenvalue weighted by molar-refractivity contribution is 5.99. The van der Waals surface area contributed by atoms with Crippen LogP contribution in [0, 0.1) is 0 Å². The quantitative estimate of drug-likeness (QED) is 0.830. The summed E-state index contributed by atoms with van der Waals surface area (Å²) in [5.41, 5.74) is 2.73. The first kappa shape index (κ1) is 16.2. The number of ether oxygens (including phenoxy) is 3. The van der Waals surface area contributed by atoms with Crippen molar-refractivity contribution < 1.29 is 19.3 Å². The molecule has 2 rings (SSSR count). The van der Waals surface area contributed by atoms with E-state index in [1.807, 2.05) is 25.1 Å². The number of hydrogen-bond acceptors (Lipinski definition) is 4. The van der Waals surface area contributed by atoms with Crippen LogP contribution in [0.15, 0.2) is 30.4 Å². The van der Waals surface area contributed by atoms with E-state index in [0.717, 1.165) is 27.5 Å². The Morgan fingerprint density at radius 1 is 1.09 bits per heavy atom. The van der Waals surface area contributed by atoms with Crippen molar-refractivity contribution in [1.29, 1.82) is 0 Å². The largest absolute Gasteiger partial charge is 0.496 e. The molecule has 4 heteroatoms. The lowest BCUT2D eigenvalue weighted by atomic mass is 9.94. The zero-order valence-electron chi connectivity index (χ0n) is 13.5. The third-order valence-electron chi connectivity index (χ3n) is 3.67. The summed E-state index contributed by atoms with van der Waals surface area (Å²) < 4.78 is 16.6. The first-order valence-corrected chi connectivity index (χ1v) is 7.06. The smallest absolute Gasteiger partial charge is 0.134 e. The van der Waals surface area contributed by atoms with E-state index >= 15 is 0 Å². The van der Waals surface area contributed by atoms with Crippen LogP contribution in [-0.4, -0.2) is 26.4 Å². The Morgan fingerprint density at radius 2 is 1.73 bits per heavy atom. The third-order valence-corrected chi connectivity index (χ3v) is 3.67. The summed E-state index contributed by atoms with van der Waals surface area (Å²) in [6.07, 6.45) is 0.634. The fourth-order valence-electron chi connectivity index (χ4n) is 2.73. The molecular weight excluding hydrogens is 280 g/mol. The van der Waals surface area contributed by atoms with Crippen LogP contribution in [0.5, 0.6) is 17.2 Å². The second-order valence-corrected chi connectivity index (χ2v) is 5.23. The standard InChI is InChI=1S/C18H22O4/c1-11(2)8-13-12(10-19)9-14-15(20-3)6-7-16(21-4)17(14)18(13)22-5/h6-7,9,19H,1,8,10H2,2-5H3. The number of aliphatic hydroxyl groups is 1. The van der Waals surface area contributed by atoms with Gasteiger partial charge in [0.1, 0.15) is 17.2 Å². The molecule has 0 fully saturated rings. The van der Waals surface area contributed by atoms with Gasteiger partial charge in [0.25, 0.3) is 0 Å². The summed E-state index contributed by atoms with van der Waals surface area (Å²) in [6, 6.07) is 5.63. The molecule has 0 unspecified atom stereocenters. The SMILES string of the molecule is C=C(C)Cc1c(CO)cc2c(OC)ccc(OC)c2c1OC. The van der Waals surface area contributed by atoms with Crippen LogP contribution in [0.25, 0.3) is 10.8 Å². The Morgan fingerprint density at radius 3 is 2.23 bits per heavy atom. The normalized spacial score (nSPS) is 10.6. The van der Waals surface area contributed by atoms with Crippen molar-refractivity contribution in [2.75, 3.05) is 21.3 Å². The number of fused-ring (bicyclic) bond motifs is 1. The number of rotatable bonds is 6. The molecule has 0 aliphatic carbocycles. The van der Waals surface area contributed by atoms with Crippen molar-refractivity contribution in [3.63, 3.8) is 0 Å². The van der Waals surface area contributed by atoms with E-state index in [1.165, 1.54) is 0 Å². The maximum Gasteiger partial charge on any atom is 0.134 e. The minimum absolute atomic E-state index is 0.0741. The maximum atomic E-state index is 9.74. The van der Waals surface area contributed by atoms with Gasteiger partial charge in [0.2, 0.25) is 0 Å². The van der Waals surface area contributed by atoms with Crippen molar-refractivity contribution in [3.05, 3.63) is 41.5 Å². The van der Waals surface area contributed by atoms with Crippen LogP contribution >= 0.6 is 0 Å². The van der Waals surface area contributed by atoms with Crippen molar-refractivity contribution in [2.24, 2.45) is 0 Å². The molecule has 0 saturated heterocycles. The van der Waals surface area contributed by atoms with Crippen LogP contribution in [0.4, 0.5) is 0 Å². The van der Waals surface area contributed by atoms with Crippen LogP contribution in [0.2, 0.25) is 0 Å². The molecule has 0 atom stereocenters. The fraction of sp³-hybridized carbons (Fsp3) is 0.333. The monoisotopic (exact) mass is 302 g/mol. The van der Waals surface area contributed by atoms with Crippen molar-refractivity contribution in [3.8, 4) is 17.2 Å². The topological polar surface area (TPSA) is 47.9 Å². The predicted octanol–water partition coefficient (Wildman–Crippen LogP) is 3.48. The minimum Gasteiger partial charge on any atom is -0.496 e. The summed E-state index contributed by atoms with van der Waals surface area (Å²) in [6.45, 7) is 5.84. The molecule has 0 radical (unpaired) electrons. The molecule has 0 aliphatic heterocycles. The van der Waals surface area contributed by atoms with Gasteiger partial charge in [-0.05, 0) is 37.1 Å². The predicted molar refractivity (Wildman–Crippen MR) is 88.0 cm³/mol. The molecule has 0 aromatic heterocycles. The van der Waals surface area contributed by atoms with Gasteiger partial charge in [-0.25, -0.2) is 0 Å². The van der Waals surface area contributed by atoms with Gasteiger partial charge in [0.15, 0.2) is 0 Å². The van der Waals surface area contributed by atoms with Crippen LogP contribution in [-0.2, 0) is 13.0 Å². The molecule has 0 amide bonds. The van der Waals surface area contributed by atoms with E-state index in [2.05, 4.69) is 6.58 Å². The van der Waals surface area contributed by atoms with Crippen LogP contribution in [0.1, 0.15) is 18.1 Å². The van der Waals surface area contributed by atoms with Gasteiger partial charge in [-0.15, -0.1) is 0 Å². The van der Waals surface area contributed by atoms with Crippen molar-refractivity contribution >= 4 is 10.8 Å². The zero-order valence-corrected chi connectivity index (χ0v) is 13.5. The molecule has 2 aromatic rings. The second kappa shape index (κ2) is 6.71. The molecule has 0 aliphatic rings. The van der Waals surface area contributed by atoms with Gasteiger partial charge in [-0.2, -0.15) is 0 Å². The van der Waals surface area contributed by atoms with Crippen LogP contribution in [0.3, 0.4) is 0 Å². The fourth-order valence-corrected chi connectivity index (χ4v) is 2.73. The van der Waals surface area contributed by atoms with Gasteiger partial charge >= 0.3 is 0 Å². The van der Waals surface area contributed by atoms with Crippen LogP contribution < -0.4 is 14.2 Å². The maximum absolute atomic E-state index is 9.74. The lowest BCUT2D eigenvalue weighted by molar-refractivity contribution is 0.280. The van der Waals surface area contributed by atoms with Gasteiger partial charge in [0, 0.05) is 10.9 Å². The highest BCUT2D eigenvalue weighted by Crippen LogP contribution is 2.43. The second-order valence-electron chi connectivity index (χ2n) is 5.23. The first-order valence-electron chi connectivity index (χ1n) is 7.06. The highest BCUT2D eigenvalue weighted by Gasteiger charge is 2.19. The molecular formula is C18H22O4. The molecule has 0 heterocycles. The Bertz CT molecular complexity index is 704. The van der Waals surface area contributed by atoms with E-state index in [9.17, 15) is 5.11 Å². The van der Waals surface area contributed by atoms with E-state index < -0.39 is 0 Å². The Kier molecular flexibility index (Phi) is 4.93. The number of aliphatic hydroxyl groups excluding tert-OH is 1. The molecule has 2 aromatic carbocycles.